The van der Waals surface area contributed by atoms with Gasteiger partial charge in [0, 0.05) is 10.7 Å². The number of hydrogen-bond donors (Lipinski definition) is 1. The molecular formula is C12H7BrClNO3. The summed E-state index contributed by atoms with van der Waals surface area (Å²) in [7, 11) is 0. The van der Waals surface area contributed by atoms with Gasteiger partial charge >= 0.3 is 5.63 Å². The van der Waals surface area contributed by atoms with E-state index in [2.05, 4.69) is 25.7 Å². The molecule has 18 heavy (non-hydrogen) atoms. The predicted octanol–water partition coefficient (Wildman–Crippen LogP) is 3.31. The van der Waals surface area contributed by atoms with Crippen LogP contribution in [-0.2, 0) is 0 Å². The zero-order chi connectivity index (χ0) is 13.1. The molecular weight excluding hydrogens is 321 g/mol. The van der Waals surface area contributed by atoms with Gasteiger partial charge in [0.2, 0.25) is 0 Å². The molecule has 2 rings (SSSR count). The highest BCUT2D eigenvalue weighted by molar-refractivity contribution is 9.10. The molecule has 1 N–H and O–H groups in total. The highest BCUT2D eigenvalue weighted by Gasteiger charge is 2.09. The van der Waals surface area contributed by atoms with Crippen molar-refractivity contribution in [3.63, 3.8) is 0 Å². The van der Waals surface area contributed by atoms with Crippen LogP contribution in [0.2, 0.25) is 5.02 Å². The van der Waals surface area contributed by atoms with E-state index in [0.29, 0.717) is 10.7 Å². The Balaban J connectivity index is 2.19. The molecule has 0 aliphatic carbocycles. The Bertz CT molecular complexity index is 637. The second-order valence-corrected chi connectivity index (χ2v) is 4.72. The quantitative estimate of drug-likeness (QED) is 0.920. The van der Waals surface area contributed by atoms with Crippen molar-refractivity contribution < 1.29 is 9.21 Å². The first-order chi connectivity index (χ1) is 8.56. The predicted molar refractivity (Wildman–Crippen MR) is 72.1 cm³/mol. The van der Waals surface area contributed by atoms with Gasteiger partial charge in [0.05, 0.1) is 5.56 Å². The van der Waals surface area contributed by atoms with E-state index < -0.39 is 5.63 Å². The van der Waals surface area contributed by atoms with Gasteiger partial charge in [-0.05, 0) is 46.3 Å². The van der Waals surface area contributed by atoms with Crippen molar-refractivity contribution in [2.24, 2.45) is 0 Å². The molecule has 1 aromatic heterocycles. The molecule has 0 saturated carbocycles. The van der Waals surface area contributed by atoms with E-state index in [4.69, 9.17) is 11.6 Å². The number of carbonyl (C=O) groups excluding carboxylic acids is 1. The van der Waals surface area contributed by atoms with Crippen molar-refractivity contribution in [1.82, 2.24) is 0 Å². The molecule has 0 aliphatic rings. The van der Waals surface area contributed by atoms with Crippen LogP contribution in [0.3, 0.4) is 0 Å². The second kappa shape index (κ2) is 5.37. The highest BCUT2D eigenvalue weighted by atomic mass is 79.9. The van der Waals surface area contributed by atoms with E-state index >= 15 is 0 Å². The summed E-state index contributed by atoms with van der Waals surface area (Å²) in [6.07, 6.45) is 1.11. The molecule has 1 amide bonds. The van der Waals surface area contributed by atoms with Crippen LogP contribution in [0, 0.1) is 0 Å². The lowest BCUT2D eigenvalue weighted by molar-refractivity contribution is 0.102. The Kier molecular flexibility index (Phi) is 3.84. The lowest BCUT2D eigenvalue weighted by Crippen LogP contribution is -2.13. The van der Waals surface area contributed by atoms with Gasteiger partial charge in [0.15, 0.2) is 0 Å². The number of benzene rings is 1. The lowest BCUT2D eigenvalue weighted by Gasteiger charge is -2.04. The van der Waals surface area contributed by atoms with E-state index in [-0.39, 0.29) is 15.9 Å². The van der Waals surface area contributed by atoms with Gasteiger partial charge in [0.1, 0.15) is 10.7 Å². The van der Waals surface area contributed by atoms with Gasteiger partial charge in [-0.25, -0.2) is 4.79 Å². The molecule has 0 fully saturated rings. The topological polar surface area (TPSA) is 59.3 Å². The van der Waals surface area contributed by atoms with Crippen molar-refractivity contribution in [3.05, 3.63) is 62.1 Å². The highest BCUT2D eigenvalue weighted by Crippen LogP contribution is 2.15. The maximum Gasteiger partial charge on any atom is 0.350 e. The van der Waals surface area contributed by atoms with Crippen LogP contribution < -0.4 is 10.9 Å². The Labute approximate surface area is 116 Å². The summed E-state index contributed by atoms with van der Waals surface area (Å²) in [6, 6.07) is 8.08. The van der Waals surface area contributed by atoms with Gasteiger partial charge in [-0.15, -0.1) is 0 Å². The maximum absolute atomic E-state index is 11.8. The fraction of sp³-hybridized carbons (Fsp3) is 0. The van der Waals surface area contributed by atoms with E-state index in [9.17, 15) is 9.59 Å². The first-order valence-corrected chi connectivity index (χ1v) is 6.08. The minimum Gasteiger partial charge on any atom is -0.430 e. The monoisotopic (exact) mass is 327 g/mol. The average molecular weight is 329 g/mol. The van der Waals surface area contributed by atoms with Crippen molar-refractivity contribution in [1.29, 1.82) is 0 Å². The van der Waals surface area contributed by atoms with Crippen molar-refractivity contribution in [2.45, 2.75) is 0 Å². The molecule has 0 saturated heterocycles. The molecule has 1 heterocycles. The third kappa shape index (κ3) is 3.00. The molecule has 2 aromatic rings. The SMILES string of the molecule is O=C(Nc1ccc(Cl)cc1)c1coc(=O)c(Br)c1. The van der Waals surface area contributed by atoms with Crippen LogP contribution in [0.5, 0.6) is 0 Å². The summed E-state index contributed by atoms with van der Waals surface area (Å²) in [4.78, 5) is 22.9. The first-order valence-electron chi connectivity index (χ1n) is 4.91. The number of hydrogen-bond acceptors (Lipinski definition) is 3. The van der Waals surface area contributed by atoms with Crippen LogP contribution in [0.4, 0.5) is 5.69 Å². The fourth-order valence-electron chi connectivity index (χ4n) is 1.26. The van der Waals surface area contributed by atoms with Crippen LogP contribution in [-0.4, -0.2) is 5.91 Å². The molecule has 6 heteroatoms. The zero-order valence-electron chi connectivity index (χ0n) is 8.94. The number of rotatable bonds is 2. The van der Waals surface area contributed by atoms with Gasteiger partial charge in [-0.3, -0.25) is 4.79 Å². The van der Waals surface area contributed by atoms with Crippen LogP contribution >= 0.6 is 27.5 Å². The van der Waals surface area contributed by atoms with Crippen LogP contribution in [0.15, 0.2) is 50.3 Å². The Morgan fingerprint density at radius 1 is 1.28 bits per heavy atom. The Morgan fingerprint density at radius 3 is 2.56 bits per heavy atom. The van der Waals surface area contributed by atoms with Crippen molar-refractivity contribution in [3.8, 4) is 0 Å². The number of carbonyl (C=O) groups is 1. The average Bonchev–Trinajstić information content (AvgIpc) is 2.35. The number of amides is 1. The normalized spacial score (nSPS) is 10.1. The lowest BCUT2D eigenvalue weighted by atomic mass is 10.2. The first kappa shape index (κ1) is 12.9. The molecule has 92 valence electrons. The molecule has 0 unspecified atom stereocenters. The van der Waals surface area contributed by atoms with Crippen LogP contribution in [0.1, 0.15) is 10.4 Å². The van der Waals surface area contributed by atoms with Crippen molar-refractivity contribution >= 4 is 39.1 Å². The summed E-state index contributed by atoms with van der Waals surface area (Å²) in [5.41, 5.74) is 0.321. The molecule has 0 radical (unpaired) electrons. The van der Waals surface area contributed by atoms with Gasteiger partial charge in [-0.2, -0.15) is 0 Å². The molecule has 0 atom stereocenters. The second-order valence-electron chi connectivity index (χ2n) is 3.43. The van der Waals surface area contributed by atoms with Gasteiger partial charge < -0.3 is 9.73 Å². The minimum atomic E-state index is -0.530. The van der Waals surface area contributed by atoms with E-state index in [1.807, 2.05) is 0 Å². The molecule has 0 aliphatic heterocycles. The van der Waals surface area contributed by atoms with Gasteiger partial charge in [-0.1, -0.05) is 11.6 Å². The van der Waals surface area contributed by atoms with E-state index in [1.54, 1.807) is 24.3 Å². The summed E-state index contributed by atoms with van der Waals surface area (Å²) in [5.74, 6) is -0.373. The summed E-state index contributed by atoms with van der Waals surface area (Å²) in [6.45, 7) is 0. The maximum atomic E-state index is 11.8. The zero-order valence-corrected chi connectivity index (χ0v) is 11.3. The summed E-state index contributed by atoms with van der Waals surface area (Å²) in [5, 5.41) is 3.24. The minimum absolute atomic E-state index is 0.200. The summed E-state index contributed by atoms with van der Waals surface area (Å²) >= 11 is 8.74. The Morgan fingerprint density at radius 2 is 1.94 bits per heavy atom. The van der Waals surface area contributed by atoms with Crippen LogP contribution in [0.25, 0.3) is 0 Å². The van der Waals surface area contributed by atoms with Gasteiger partial charge in [0.25, 0.3) is 5.91 Å². The molecule has 0 spiro atoms. The van der Waals surface area contributed by atoms with E-state index in [0.717, 1.165) is 6.26 Å². The largest absolute Gasteiger partial charge is 0.430 e. The molecule has 4 nitrogen and oxygen atoms in total. The third-order valence-electron chi connectivity index (χ3n) is 2.13. The number of anilines is 1. The number of halogens is 2. The summed E-state index contributed by atoms with van der Waals surface area (Å²) < 4.78 is 4.88. The Hall–Kier alpha value is -1.59. The van der Waals surface area contributed by atoms with Crippen molar-refractivity contribution in [2.75, 3.05) is 5.32 Å². The van der Waals surface area contributed by atoms with E-state index in [1.165, 1.54) is 6.07 Å². The smallest absolute Gasteiger partial charge is 0.350 e. The molecule has 0 bridgehead atoms. The third-order valence-corrected chi connectivity index (χ3v) is 2.94. The molecule has 1 aromatic carbocycles. The standard InChI is InChI=1S/C12H7BrClNO3/c13-10-5-7(6-18-12(10)17)11(16)15-9-3-1-8(14)2-4-9/h1-6H,(H,15,16). The fourth-order valence-corrected chi connectivity index (χ4v) is 1.72. The number of nitrogens with one attached hydrogen (secondary N) is 1.